The fourth-order valence-corrected chi connectivity index (χ4v) is 2.63. The lowest BCUT2D eigenvalue weighted by atomic mass is 10.1. The van der Waals surface area contributed by atoms with Crippen molar-refractivity contribution >= 4 is 17.7 Å². The van der Waals surface area contributed by atoms with E-state index in [0.29, 0.717) is 5.56 Å². The van der Waals surface area contributed by atoms with Crippen molar-refractivity contribution in [3.8, 4) is 0 Å². The second-order valence-electron chi connectivity index (χ2n) is 4.65. The third kappa shape index (κ3) is 3.85. The normalized spacial score (nSPS) is 12.1. The van der Waals surface area contributed by atoms with Crippen LogP contribution in [-0.2, 0) is 5.75 Å². The van der Waals surface area contributed by atoms with E-state index < -0.39 is 5.97 Å². The molecule has 0 aliphatic carbocycles. The Hall–Kier alpha value is -1.78. The van der Waals surface area contributed by atoms with Crippen molar-refractivity contribution in [3.05, 3.63) is 65.2 Å². The number of hydrogen-bond donors (Lipinski definition) is 2. The maximum Gasteiger partial charge on any atom is 0.335 e. The molecule has 0 saturated heterocycles. The SMILES string of the molecule is CC(N)c1ccc(SCc2ccc(C(=O)O)cc2)cc1. The lowest BCUT2D eigenvalue weighted by Crippen LogP contribution is -2.04. The quantitative estimate of drug-likeness (QED) is 0.823. The van der Waals surface area contributed by atoms with Gasteiger partial charge in [-0.3, -0.25) is 0 Å². The summed E-state index contributed by atoms with van der Waals surface area (Å²) in [6, 6.07) is 15.2. The van der Waals surface area contributed by atoms with E-state index in [0.717, 1.165) is 16.9 Å². The summed E-state index contributed by atoms with van der Waals surface area (Å²) in [4.78, 5) is 11.9. The summed E-state index contributed by atoms with van der Waals surface area (Å²) in [5, 5.41) is 8.84. The molecule has 0 aromatic heterocycles. The van der Waals surface area contributed by atoms with Crippen LogP contribution in [-0.4, -0.2) is 11.1 Å². The van der Waals surface area contributed by atoms with Crippen LogP contribution in [0.2, 0.25) is 0 Å². The zero-order chi connectivity index (χ0) is 14.5. The first-order valence-corrected chi connectivity index (χ1v) is 7.35. The van der Waals surface area contributed by atoms with E-state index in [9.17, 15) is 4.79 Å². The highest BCUT2D eigenvalue weighted by Crippen LogP contribution is 2.24. The molecule has 0 saturated carbocycles. The van der Waals surface area contributed by atoms with Crippen molar-refractivity contribution in [1.82, 2.24) is 0 Å². The van der Waals surface area contributed by atoms with Gasteiger partial charge in [-0.1, -0.05) is 24.3 Å². The summed E-state index contributed by atoms with van der Waals surface area (Å²) in [7, 11) is 0. The predicted molar refractivity (Wildman–Crippen MR) is 82.0 cm³/mol. The standard InChI is InChI=1S/C16H17NO2S/c1-11(17)13-6-8-15(9-7-13)20-10-12-2-4-14(5-3-12)16(18)19/h2-9,11H,10,17H2,1H3,(H,18,19). The molecular weight excluding hydrogens is 270 g/mol. The fraction of sp³-hybridized carbons (Fsp3) is 0.188. The van der Waals surface area contributed by atoms with Gasteiger partial charge < -0.3 is 10.8 Å². The number of nitrogens with two attached hydrogens (primary N) is 1. The summed E-state index contributed by atoms with van der Waals surface area (Å²) < 4.78 is 0. The summed E-state index contributed by atoms with van der Waals surface area (Å²) >= 11 is 1.72. The van der Waals surface area contributed by atoms with E-state index in [1.54, 1.807) is 23.9 Å². The topological polar surface area (TPSA) is 63.3 Å². The maximum absolute atomic E-state index is 10.8. The van der Waals surface area contributed by atoms with Gasteiger partial charge in [0.25, 0.3) is 0 Å². The molecule has 2 aromatic rings. The highest BCUT2D eigenvalue weighted by Gasteiger charge is 2.03. The largest absolute Gasteiger partial charge is 0.478 e. The Morgan fingerprint density at radius 2 is 1.75 bits per heavy atom. The Balaban J connectivity index is 1.96. The smallest absolute Gasteiger partial charge is 0.335 e. The maximum atomic E-state index is 10.8. The number of aromatic carboxylic acids is 1. The number of rotatable bonds is 5. The first-order chi connectivity index (χ1) is 9.56. The first-order valence-electron chi connectivity index (χ1n) is 6.37. The molecule has 0 amide bonds. The molecule has 0 fully saturated rings. The third-order valence-electron chi connectivity index (χ3n) is 3.01. The van der Waals surface area contributed by atoms with Crippen LogP contribution in [0.5, 0.6) is 0 Å². The van der Waals surface area contributed by atoms with Crippen LogP contribution < -0.4 is 5.73 Å². The van der Waals surface area contributed by atoms with Crippen LogP contribution in [0, 0.1) is 0 Å². The number of thioether (sulfide) groups is 1. The van der Waals surface area contributed by atoms with Crippen molar-refractivity contribution < 1.29 is 9.90 Å². The van der Waals surface area contributed by atoms with Crippen LogP contribution in [0.15, 0.2) is 53.4 Å². The molecule has 0 spiro atoms. The van der Waals surface area contributed by atoms with Crippen molar-refractivity contribution in [2.45, 2.75) is 23.6 Å². The van der Waals surface area contributed by atoms with Crippen molar-refractivity contribution in [2.24, 2.45) is 5.73 Å². The molecule has 0 bridgehead atoms. The lowest BCUT2D eigenvalue weighted by Gasteiger charge is -2.07. The molecule has 3 nitrogen and oxygen atoms in total. The second-order valence-corrected chi connectivity index (χ2v) is 5.70. The number of carboxylic acids is 1. The summed E-state index contributed by atoms with van der Waals surface area (Å²) in [5.74, 6) is -0.0760. The van der Waals surface area contributed by atoms with Gasteiger partial charge in [-0.15, -0.1) is 11.8 Å². The Labute approximate surface area is 122 Å². The van der Waals surface area contributed by atoms with Gasteiger partial charge in [-0.2, -0.15) is 0 Å². The van der Waals surface area contributed by atoms with E-state index in [1.807, 2.05) is 31.2 Å². The van der Waals surface area contributed by atoms with Crippen LogP contribution in [0.1, 0.15) is 34.5 Å². The first kappa shape index (κ1) is 14.6. The van der Waals surface area contributed by atoms with E-state index in [4.69, 9.17) is 10.8 Å². The number of hydrogen-bond acceptors (Lipinski definition) is 3. The fourth-order valence-electron chi connectivity index (χ4n) is 1.78. The van der Waals surface area contributed by atoms with E-state index in [1.165, 1.54) is 4.90 Å². The molecule has 4 heteroatoms. The molecule has 0 aliphatic heterocycles. The highest BCUT2D eigenvalue weighted by molar-refractivity contribution is 7.98. The van der Waals surface area contributed by atoms with Crippen LogP contribution in [0.3, 0.4) is 0 Å². The van der Waals surface area contributed by atoms with Crippen LogP contribution in [0.4, 0.5) is 0 Å². The molecule has 20 heavy (non-hydrogen) atoms. The summed E-state index contributed by atoms with van der Waals surface area (Å²) in [6.07, 6.45) is 0. The molecule has 104 valence electrons. The molecular formula is C16H17NO2S. The summed E-state index contributed by atoms with van der Waals surface area (Å²) in [5.41, 5.74) is 8.36. The zero-order valence-corrected chi connectivity index (χ0v) is 12.1. The third-order valence-corrected chi connectivity index (χ3v) is 4.10. The minimum Gasteiger partial charge on any atom is -0.478 e. The molecule has 2 aromatic carbocycles. The van der Waals surface area contributed by atoms with Gasteiger partial charge in [0, 0.05) is 16.7 Å². The second kappa shape index (κ2) is 6.59. The van der Waals surface area contributed by atoms with E-state index >= 15 is 0 Å². The van der Waals surface area contributed by atoms with Gasteiger partial charge in [-0.25, -0.2) is 4.79 Å². The van der Waals surface area contributed by atoms with Gasteiger partial charge in [0.1, 0.15) is 0 Å². The Bertz CT molecular complexity index is 576. The monoisotopic (exact) mass is 287 g/mol. The molecule has 2 rings (SSSR count). The van der Waals surface area contributed by atoms with Crippen LogP contribution >= 0.6 is 11.8 Å². The average molecular weight is 287 g/mol. The van der Waals surface area contributed by atoms with Crippen LogP contribution in [0.25, 0.3) is 0 Å². The predicted octanol–water partition coefficient (Wildman–Crippen LogP) is 3.70. The van der Waals surface area contributed by atoms with E-state index in [2.05, 4.69) is 12.1 Å². The number of carbonyl (C=O) groups is 1. The van der Waals surface area contributed by atoms with Gasteiger partial charge in [0.05, 0.1) is 5.56 Å². The summed E-state index contributed by atoms with van der Waals surface area (Å²) in [6.45, 7) is 1.96. The van der Waals surface area contributed by atoms with Gasteiger partial charge in [0.15, 0.2) is 0 Å². The van der Waals surface area contributed by atoms with Gasteiger partial charge >= 0.3 is 5.97 Å². The lowest BCUT2D eigenvalue weighted by molar-refractivity contribution is 0.0697. The average Bonchev–Trinajstić information content (AvgIpc) is 2.46. The van der Waals surface area contributed by atoms with Gasteiger partial charge in [-0.05, 0) is 42.3 Å². The molecule has 0 radical (unpaired) electrons. The highest BCUT2D eigenvalue weighted by atomic mass is 32.2. The molecule has 0 aliphatic rings. The Kier molecular flexibility index (Phi) is 4.82. The van der Waals surface area contributed by atoms with Crippen molar-refractivity contribution in [2.75, 3.05) is 0 Å². The minimum absolute atomic E-state index is 0.0533. The molecule has 1 atom stereocenters. The zero-order valence-electron chi connectivity index (χ0n) is 11.2. The van der Waals surface area contributed by atoms with Crippen molar-refractivity contribution in [3.63, 3.8) is 0 Å². The molecule has 0 heterocycles. The molecule has 3 N–H and O–H groups in total. The minimum atomic E-state index is -0.893. The Morgan fingerprint density at radius 1 is 1.15 bits per heavy atom. The number of benzene rings is 2. The Morgan fingerprint density at radius 3 is 2.25 bits per heavy atom. The van der Waals surface area contributed by atoms with Gasteiger partial charge in [0.2, 0.25) is 0 Å². The van der Waals surface area contributed by atoms with E-state index in [-0.39, 0.29) is 6.04 Å². The van der Waals surface area contributed by atoms with Crippen molar-refractivity contribution in [1.29, 1.82) is 0 Å². The molecule has 1 unspecified atom stereocenters. The number of carboxylic acid groups (broad SMARTS) is 1.